The monoisotopic (exact) mass is 319 g/mol. The maximum absolute atomic E-state index is 12.8. The molecule has 0 bridgehead atoms. The maximum atomic E-state index is 12.8. The fourth-order valence-electron chi connectivity index (χ4n) is 2.96. The van der Waals surface area contributed by atoms with Gasteiger partial charge in [-0.2, -0.15) is 0 Å². The molecule has 0 aliphatic heterocycles. The molecule has 3 heterocycles. The van der Waals surface area contributed by atoms with Gasteiger partial charge in [-0.3, -0.25) is 4.79 Å². The summed E-state index contributed by atoms with van der Waals surface area (Å²) in [5.74, 6) is 0.804. The van der Waals surface area contributed by atoms with E-state index in [1.807, 2.05) is 43.5 Å². The van der Waals surface area contributed by atoms with Crippen LogP contribution in [0.15, 0.2) is 53.6 Å². The third kappa shape index (κ3) is 2.34. The highest BCUT2D eigenvalue weighted by molar-refractivity contribution is 6.05. The van der Waals surface area contributed by atoms with E-state index < -0.39 is 0 Å². The molecule has 24 heavy (non-hydrogen) atoms. The Kier molecular flexibility index (Phi) is 3.34. The number of H-pyrrole nitrogens is 1. The second-order valence-corrected chi connectivity index (χ2v) is 5.92. The minimum absolute atomic E-state index is 0.0426. The number of nitrogens with one attached hydrogen (secondary N) is 1. The Morgan fingerprint density at radius 2 is 1.96 bits per heavy atom. The molecule has 0 radical (unpaired) electrons. The van der Waals surface area contributed by atoms with Gasteiger partial charge in [0.25, 0.3) is 5.56 Å². The van der Waals surface area contributed by atoms with E-state index >= 15 is 0 Å². The van der Waals surface area contributed by atoms with Crippen LogP contribution < -0.4 is 10.3 Å². The molecule has 0 aliphatic rings. The average molecular weight is 319 g/mol. The molecule has 120 valence electrons. The number of aromatic nitrogens is 3. The maximum Gasteiger partial charge on any atom is 0.275 e. The highest BCUT2D eigenvalue weighted by Crippen LogP contribution is 2.22. The summed E-state index contributed by atoms with van der Waals surface area (Å²) in [7, 11) is 1.64. The fraction of sp³-hybridized carbons (Fsp3) is 0.158. The lowest BCUT2D eigenvalue weighted by Crippen LogP contribution is -2.20. The van der Waals surface area contributed by atoms with Crippen LogP contribution >= 0.6 is 0 Å². The number of hydrogen-bond acceptors (Lipinski definition) is 3. The average Bonchev–Trinajstić information content (AvgIpc) is 2.97. The molecule has 0 saturated carbocycles. The summed E-state index contributed by atoms with van der Waals surface area (Å²) < 4.78 is 6.86. The topological polar surface area (TPSA) is 59.9 Å². The lowest BCUT2D eigenvalue weighted by molar-refractivity contribution is 0.414. The van der Waals surface area contributed by atoms with Crippen LogP contribution in [0.4, 0.5) is 0 Å². The highest BCUT2D eigenvalue weighted by Gasteiger charge is 2.10. The van der Waals surface area contributed by atoms with E-state index in [-0.39, 0.29) is 5.56 Å². The SMILES string of the molecule is COc1ccc(Cn2ccc3c([nH]c4ncc(C)cc43)c2=O)cc1. The first-order valence-electron chi connectivity index (χ1n) is 7.76. The minimum Gasteiger partial charge on any atom is -0.497 e. The molecule has 0 atom stereocenters. The van der Waals surface area contributed by atoms with Crippen LogP contribution in [0.2, 0.25) is 0 Å². The lowest BCUT2D eigenvalue weighted by atomic mass is 10.2. The van der Waals surface area contributed by atoms with Crippen LogP contribution in [-0.4, -0.2) is 21.6 Å². The standard InChI is InChI=1S/C19H17N3O2/c1-12-9-16-15-7-8-22(11-13-3-5-14(24-2)6-4-13)19(23)17(15)21-18(16)20-10-12/h3-10H,11H2,1-2H3,(H,20,21). The molecule has 0 saturated heterocycles. The number of pyridine rings is 2. The van der Waals surface area contributed by atoms with Crippen molar-refractivity contribution in [2.75, 3.05) is 7.11 Å². The zero-order chi connectivity index (χ0) is 16.7. The summed E-state index contributed by atoms with van der Waals surface area (Å²) >= 11 is 0. The number of nitrogens with zero attached hydrogens (tertiary/aromatic N) is 2. The quantitative estimate of drug-likeness (QED) is 0.630. The molecule has 4 rings (SSSR count). The first kappa shape index (κ1) is 14.5. The van der Waals surface area contributed by atoms with Crippen LogP contribution in [0.25, 0.3) is 21.9 Å². The van der Waals surface area contributed by atoms with Gasteiger partial charge < -0.3 is 14.3 Å². The summed E-state index contributed by atoms with van der Waals surface area (Å²) in [5, 5.41) is 1.90. The van der Waals surface area contributed by atoms with Gasteiger partial charge in [0.1, 0.15) is 16.9 Å². The summed E-state index contributed by atoms with van der Waals surface area (Å²) in [5.41, 5.74) is 3.42. The van der Waals surface area contributed by atoms with Gasteiger partial charge in [0.05, 0.1) is 13.7 Å². The molecule has 0 unspecified atom stereocenters. The number of aryl methyl sites for hydroxylation is 1. The van der Waals surface area contributed by atoms with Gasteiger partial charge in [0.2, 0.25) is 0 Å². The Morgan fingerprint density at radius 1 is 1.17 bits per heavy atom. The van der Waals surface area contributed by atoms with Crippen molar-refractivity contribution in [1.82, 2.24) is 14.5 Å². The second kappa shape index (κ2) is 5.53. The van der Waals surface area contributed by atoms with Gasteiger partial charge >= 0.3 is 0 Å². The number of aromatic amines is 1. The Hall–Kier alpha value is -3.08. The fourth-order valence-corrected chi connectivity index (χ4v) is 2.96. The van der Waals surface area contributed by atoms with Gasteiger partial charge in [0.15, 0.2) is 0 Å². The van der Waals surface area contributed by atoms with E-state index in [4.69, 9.17) is 4.74 Å². The van der Waals surface area contributed by atoms with Crippen molar-refractivity contribution < 1.29 is 4.74 Å². The van der Waals surface area contributed by atoms with Crippen molar-refractivity contribution in [3.8, 4) is 5.75 Å². The minimum atomic E-state index is -0.0426. The van der Waals surface area contributed by atoms with Crippen LogP contribution in [0.3, 0.4) is 0 Å². The Bertz CT molecular complexity index is 1090. The predicted molar refractivity (Wildman–Crippen MR) is 94.7 cm³/mol. The van der Waals surface area contributed by atoms with Crippen molar-refractivity contribution in [3.05, 3.63) is 70.3 Å². The van der Waals surface area contributed by atoms with Gasteiger partial charge in [-0.15, -0.1) is 0 Å². The van der Waals surface area contributed by atoms with Gasteiger partial charge in [-0.05, 0) is 42.3 Å². The van der Waals surface area contributed by atoms with Gasteiger partial charge in [-0.25, -0.2) is 4.98 Å². The second-order valence-electron chi connectivity index (χ2n) is 5.92. The lowest BCUT2D eigenvalue weighted by Gasteiger charge is -2.07. The van der Waals surface area contributed by atoms with E-state index in [1.165, 1.54) is 0 Å². The predicted octanol–water partition coefficient (Wildman–Crippen LogP) is 3.24. The van der Waals surface area contributed by atoms with E-state index in [0.29, 0.717) is 12.1 Å². The molecule has 0 amide bonds. The molecular weight excluding hydrogens is 302 g/mol. The molecule has 1 aromatic carbocycles. The van der Waals surface area contributed by atoms with Gasteiger partial charge in [0, 0.05) is 23.2 Å². The zero-order valence-electron chi connectivity index (χ0n) is 13.5. The van der Waals surface area contributed by atoms with E-state index in [1.54, 1.807) is 17.9 Å². The molecule has 0 aliphatic carbocycles. The molecular formula is C19H17N3O2. The Labute approximate surface area is 138 Å². The molecule has 0 fully saturated rings. The molecule has 1 N–H and O–H groups in total. The molecule has 4 aromatic rings. The first-order valence-corrected chi connectivity index (χ1v) is 7.76. The number of ether oxygens (including phenoxy) is 1. The van der Waals surface area contributed by atoms with Crippen molar-refractivity contribution in [2.24, 2.45) is 0 Å². The number of methoxy groups -OCH3 is 1. The molecule has 0 spiro atoms. The van der Waals surface area contributed by atoms with Crippen molar-refractivity contribution in [3.63, 3.8) is 0 Å². The summed E-state index contributed by atoms with van der Waals surface area (Å²) in [6.45, 7) is 2.51. The number of fused-ring (bicyclic) bond motifs is 3. The largest absolute Gasteiger partial charge is 0.497 e. The van der Waals surface area contributed by atoms with Crippen LogP contribution in [0, 0.1) is 6.92 Å². The third-order valence-corrected chi connectivity index (χ3v) is 4.24. The van der Waals surface area contributed by atoms with Crippen molar-refractivity contribution in [2.45, 2.75) is 13.5 Å². The molecule has 3 aromatic heterocycles. The zero-order valence-corrected chi connectivity index (χ0v) is 13.5. The molecule has 5 nitrogen and oxygen atoms in total. The summed E-state index contributed by atoms with van der Waals surface area (Å²) in [6, 6.07) is 11.7. The summed E-state index contributed by atoms with van der Waals surface area (Å²) in [6.07, 6.45) is 3.64. The van der Waals surface area contributed by atoms with Crippen LogP contribution in [0.5, 0.6) is 5.75 Å². The summed E-state index contributed by atoms with van der Waals surface area (Å²) in [4.78, 5) is 20.3. The van der Waals surface area contributed by atoms with Crippen molar-refractivity contribution >= 4 is 21.9 Å². The normalized spacial score (nSPS) is 11.2. The Morgan fingerprint density at radius 3 is 2.71 bits per heavy atom. The number of hydrogen-bond donors (Lipinski definition) is 1. The number of rotatable bonds is 3. The first-order chi connectivity index (χ1) is 11.7. The van der Waals surface area contributed by atoms with Gasteiger partial charge in [-0.1, -0.05) is 12.1 Å². The molecule has 5 heteroatoms. The third-order valence-electron chi connectivity index (χ3n) is 4.24. The van der Waals surface area contributed by atoms with Crippen LogP contribution in [0.1, 0.15) is 11.1 Å². The number of benzene rings is 1. The van der Waals surface area contributed by atoms with E-state index in [2.05, 4.69) is 16.0 Å². The Balaban J connectivity index is 1.80. The van der Waals surface area contributed by atoms with Crippen LogP contribution in [-0.2, 0) is 6.54 Å². The van der Waals surface area contributed by atoms with E-state index in [9.17, 15) is 4.79 Å². The van der Waals surface area contributed by atoms with Crippen molar-refractivity contribution in [1.29, 1.82) is 0 Å². The van der Waals surface area contributed by atoms with E-state index in [0.717, 1.165) is 33.3 Å². The smallest absolute Gasteiger partial charge is 0.275 e. The highest BCUT2D eigenvalue weighted by atomic mass is 16.5.